The molecule has 0 spiro atoms. The molecule has 0 aromatic heterocycles. The van der Waals surface area contributed by atoms with Crippen molar-refractivity contribution in [3.63, 3.8) is 0 Å². The van der Waals surface area contributed by atoms with E-state index in [4.69, 9.17) is 4.74 Å². The van der Waals surface area contributed by atoms with Crippen molar-refractivity contribution in [2.45, 2.75) is 12.8 Å². The lowest BCUT2D eigenvalue weighted by molar-refractivity contribution is 0.0947. The fourth-order valence-corrected chi connectivity index (χ4v) is 3.58. The fourth-order valence-electron chi connectivity index (χ4n) is 3.58. The molecule has 0 bridgehead atoms. The molecule has 28 heavy (non-hydrogen) atoms. The number of aromatic hydroxyl groups is 1. The Balaban J connectivity index is 1.54. The van der Waals surface area contributed by atoms with Gasteiger partial charge in [-0.05, 0) is 60.7 Å². The van der Waals surface area contributed by atoms with Gasteiger partial charge in [-0.2, -0.15) is 0 Å². The highest BCUT2D eigenvalue weighted by Gasteiger charge is 2.22. The second-order valence-corrected chi connectivity index (χ2v) is 7.26. The van der Waals surface area contributed by atoms with Gasteiger partial charge in [0.05, 0.1) is 0 Å². The zero-order valence-electron chi connectivity index (χ0n) is 16.2. The van der Waals surface area contributed by atoms with Crippen LogP contribution in [0.5, 0.6) is 5.75 Å². The highest BCUT2D eigenvalue weighted by atomic mass is 19.1. The minimum absolute atomic E-state index is 0.126. The van der Waals surface area contributed by atoms with Gasteiger partial charge in [0.2, 0.25) is 0 Å². The monoisotopic (exact) mass is 386 g/mol. The molecule has 0 radical (unpaired) electrons. The number of ether oxygens (including phenoxy) is 1. The van der Waals surface area contributed by atoms with E-state index in [1.54, 1.807) is 31.4 Å². The smallest absolute Gasteiger partial charge is 0.251 e. The average Bonchev–Trinajstić information content (AvgIpc) is 3.16. The third-order valence-electron chi connectivity index (χ3n) is 5.15. The lowest BCUT2D eigenvalue weighted by Gasteiger charge is -2.16. The zero-order chi connectivity index (χ0) is 19.9. The Morgan fingerprint density at radius 1 is 1.29 bits per heavy atom. The number of carbonyl (C=O) groups is 1. The second kappa shape index (κ2) is 9.66. The molecule has 2 N–H and O–H groups in total. The van der Waals surface area contributed by atoms with Crippen LogP contribution in [-0.4, -0.2) is 55.8 Å². The molecule has 1 aliphatic heterocycles. The third-order valence-corrected chi connectivity index (χ3v) is 5.15. The lowest BCUT2D eigenvalue weighted by atomic mass is 10.0. The summed E-state index contributed by atoms with van der Waals surface area (Å²) in [6.45, 7) is 4.52. The topological polar surface area (TPSA) is 61.8 Å². The quantitative estimate of drug-likeness (QED) is 0.684. The molecule has 2 aromatic rings. The van der Waals surface area contributed by atoms with Crippen LogP contribution >= 0.6 is 0 Å². The molecule has 0 saturated carbocycles. The summed E-state index contributed by atoms with van der Waals surface area (Å²) in [4.78, 5) is 15.0. The maximum Gasteiger partial charge on any atom is 0.251 e. The predicted molar refractivity (Wildman–Crippen MR) is 107 cm³/mol. The van der Waals surface area contributed by atoms with Gasteiger partial charge in [-0.25, -0.2) is 4.39 Å². The van der Waals surface area contributed by atoms with Crippen LogP contribution in [0.4, 0.5) is 4.39 Å². The summed E-state index contributed by atoms with van der Waals surface area (Å²) < 4.78 is 18.7. The van der Waals surface area contributed by atoms with Crippen molar-refractivity contribution in [2.24, 2.45) is 5.92 Å². The predicted octanol–water partition coefficient (Wildman–Crippen LogP) is 3.29. The summed E-state index contributed by atoms with van der Waals surface area (Å²) in [7, 11) is 1.72. The molecular weight excluding hydrogens is 359 g/mol. The van der Waals surface area contributed by atoms with Crippen molar-refractivity contribution in [2.75, 3.05) is 39.9 Å². The van der Waals surface area contributed by atoms with E-state index in [0.717, 1.165) is 44.6 Å². The van der Waals surface area contributed by atoms with Gasteiger partial charge in [-0.1, -0.05) is 18.2 Å². The van der Waals surface area contributed by atoms with Crippen LogP contribution in [0.25, 0.3) is 11.1 Å². The maximum absolute atomic E-state index is 13.6. The molecule has 1 atom stereocenters. The molecule has 1 aliphatic rings. The lowest BCUT2D eigenvalue weighted by Crippen LogP contribution is -2.31. The van der Waals surface area contributed by atoms with E-state index in [9.17, 15) is 14.3 Å². The number of phenolic OH excluding ortho intramolecular Hbond substituents is 1. The molecule has 1 saturated heterocycles. The highest BCUT2D eigenvalue weighted by molar-refractivity contribution is 5.95. The minimum atomic E-state index is -0.677. The first-order valence-corrected chi connectivity index (χ1v) is 9.65. The number of likely N-dealkylation sites (tertiary alicyclic amines) is 1. The van der Waals surface area contributed by atoms with Crippen LogP contribution in [0.3, 0.4) is 0 Å². The van der Waals surface area contributed by atoms with E-state index in [1.165, 1.54) is 12.1 Å². The van der Waals surface area contributed by atoms with Crippen molar-refractivity contribution >= 4 is 5.91 Å². The number of amides is 1. The SMILES string of the molecule is COCCCN1CC[C@H](CNC(=O)c2cccc(-c3ccc(O)c(F)c3)c2)C1. The third kappa shape index (κ3) is 5.30. The van der Waals surface area contributed by atoms with Crippen molar-refractivity contribution in [3.8, 4) is 16.9 Å². The summed E-state index contributed by atoms with van der Waals surface area (Å²) in [5, 5.41) is 12.4. The molecule has 0 unspecified atom stereocenters. The number of carbonyl (C=O) groups excluding carboxylic acids is 1. The van der Waals surface area contributed by atoms with Gasteiger partial charge >= 0.3 is 0 Å². The standard InChI is InChI=1S/C22H27FN2O3/c1-28-11-3-9-25-10-8-16(15-25)14-24-22(27)19-5-2-4-17(12-19)18-6-7-21(26)20(23)13-18/h2,4-7,12-13,16,26H,3,8-11,14-15H2,1H3,(H,24,27)/t16-/m1/s1. The van der Waals surface area contributed by atoms with Crippen LogP contribution in [0.1, 0.15) is 23.2 Å². The van der Waals surface area contributed by atoms with Gasteiger partial charge < -0.3 is 20.1 Å². The van der Waals surface area contributed by atoms with Gasteiger partial charge in [-0.15, -0.1) is 0 Å². The first-order valence-electron chi connectivity index (χ1n) is 9.65. The molecular formula is C22H27FN2O3. The van der Waals surface area contributed by atoms with Gasteiger partial charge in [0.15, 0.2) is 11.6 Å². The maximum atomic E-state index is 13.6. The van der Waals surface area contributed by atoms with Crippen LogP contribution in [0.15, 0.2) is 42.5 Å². The molecule has 1 fully saturated rings. The molecule has 0 aliphatic carbocycles. The van der Waals surface area contributed by atoms with Crippen LogP contribution in [0, 0.1) is 11.7 Å². The number of benzene rings is 2. The Hall–Kier alpha value is -2.44. The molecule has 1 heterocycles. The number of methoxy groups -OCH3 is 1. The van der Waals surface area contributed by atoms with Crippen molar-refractivity contribution < 1.29 is 19.0 Å². The second-order valence-electron chi connectivity index (χ2n) is 7.26. The van der Waals surface area contributed by atoms with Crippen LogP contribution < -0.4 is 5.32 Å². The van der Waals surface area contributed by atoms with E-state index in [0.29, 0.717) is 23.6 Å². The molecule has 1 amide bonds. The first kappa shape index (κ1) is 20.3. The summed E-state index contributed by atoms with van der Waals surface area (Å²) in [6.07, 6.45) is 2.11. The normalized spacial score (nSPS) is 17.0. The Labute approximate surface area is 165 Å². The molecule has 3 rings (SSSR count). The van der Waals surface area contributed by atoms with E-state index < -0.39 is 5.82 Å². The van der Waals surface area contributed by atoms with Gasteiger partial charge in [0.1, 0.15) is 0 Å². The van der Waals surface area contributed by atoms with E-state index in [1.807, 2.05) is 6.07 Å². The van der Waals surface area contributed by atoms with E-state index in [2.05, 4.69) is 10.2 Å². The molecule has 2 aromatic carbocycles. The van der Waals surface area contributed by atoms with Crippen LogP contribution in [0.2, 0.25) is 0 Å². The summed E-state index contributed by atoms with van der Waals surface area (Å²) >= 11 is 0. The Kier molecular flexibility index (Phi) is 7.01. The Morgan fingerprint density at radius 2 is 2.11 bits per heavy atom. The number of halogens is 1. The van der Waals surface area contributed by atoms with Crippen molar-refractivity contribution in [1.29, 1.82) is 0 Å². The zero-order valence-corrected chi connectivity index (χ0v) is 16.2. The number of nitrogens with zero attached hydrogens (tertiary/aromatic N) is 1. The minimum Gasteiger partial charge on any atom is -0.505 e. The first-order chi connectivity index (χ1) is 13.6. The largest absolute Gasteiger partial charge is 0.505 e. The number of nitrogens with one attached hydrogen (secondary N) is 1. The van der Waals surface area contributed by atoms with Crippen LogP contribution in [-0.2, 0) is 4.74 Å². The van der Waals surface area contributed by atoms with Crippen molar-refractivity contribution in [1.82, 2.24) is 10.2 Å². The molecule has 150 valence electrons. The number of phenols is 1. The van der Waals surface area contributed by atoms with Gasteiger partial charge in [0, 0.05) is 38.9 Å². The number of rotatable bonds is 8. The molecule has 6 heteroatoms. The Morgan fingerprint density at radius 3 is 2.89 bits per heavy atom. The fraction of sp³-hybridized carbons (Fsp3) is 0.409. The summed E-state index contributed by atoms with van der Waals surface area (Å²) in [5.41, 5.74) is 1.89. The summed E-state index contributed by atoms with van der Waals surface area (Å²) in [6, 6.07) is 11.3. The summed E-state index contributed by atoms with van der Waals surface area (Å²) in [5.74, 6) is -0.728. The number of hydrogen-bond donors (Lipinski definition) is 2. The van der Waals surface area contributed by atoms with Crippen molar-refractivity contribution in [3.05, 3.63) is 53.8 Å². The average molecular weight is 386 g/mol. The number of hydrogen-bond acceptors (Lipinski definition) is 4. The van der Waals surface area contributed by atoms with Gasteiger partial charge in [-0.3, -0.25) is 4.79 Å². The highest BCUT2D eigenvalue weighted by Crippen LogP contribution is 2.25. The van der Waals surface area contributed by atoms with Gasteiger partial charge in [0.25, 0.3) is 5.91 Å². The van der Waals surface area contributed by atoms with E-state index in [-0.39, 0.29) is 11.7 Å². The van der Waals surface area contributed by atoms with E-state index >= 15 is 0 Å². The molecule has 5 nitrogen and oxygen atoms in total. The Bertz CT molecular complexity index is 812.